The molecule has 3 heteroatoms. The van der Waals surface area contributed by atoms with Crippen molar-refractivity contribution in [1.29, 1.82) is 0 Å². The number of benzene rings is 1. The van der Waals surface area contributed by atoms with Gasteiger partial charge in [0, 0.05) is 17.8 Å². The number of rotatable bonds is 3. The van der Waals surface area contributed by atoms with E-state index in [9.17, 15) is 0 Å². The van der Waals surface area contributed by atoms with Crippen molar-refractivity contribution in [3.63, 3.8) is 0 Å². The van der Waals surface area contributed by atoms with E-state index < -0.39 is 0 Å². The van der Waals surface area contributed by atoms with Crippen molar-refractivity contribution < 1.29 is 4.74 Å². The minimum atomic E-state index is 0.732. The number of fused-ring (bicyclic) bond motifs is 1. The van der Waals surface area contributed by atoms with Crippen LogP contribution in [0.15, 0.2) is 29.8 Å². The van der Waals surface area contributed by atoms with Crippen molar-refractivity contribution in [3.8, 4) is 0 Å². The van der Waals surface area contributed by atoms with Gasteiger partial charge in [-0.1, -0.05) is 23.7 Å². The first-order valence-corrected chi connectivity index (χ1v) is 5.02. The zero-order chi connectivity index (χ0) is 9.80. The predicted octanol–water partition coefficient (Wildman–Crippen LogP) is 2.88. The van der Waals surface area contributed by atoms with Crippen LogP contribution in [-0.4, -0.2) is 6.54 Å². The molecule has 0 bridgehead atoms. The van der Waals surface area contributed by atoms with Crippen molar-refractivity contribution in [1.82, 2.24) is 0 Å². The van der Waals surface area contributed by atoms with Crippen LogP contribution in [0.5, 0.6) is 0 Å². The predicted molar refractivity (Wildman–Crippen MR) is 58.4 cm³/mol. The lowest BCUT2D eigenvalue weighted by Gasteiger charge is -2.04. The molecule has 1 N–H and O–H groups in total. The lowest BCUT2D eigenvalue weighted by molar-refractivity contribution is 0.134. The van der Waals surface area contributed by atoms with E-state index in [2.05, 4.69) is 23.5 Å². The van der Waals surface area contributed by atoms with Crippen LogP contribution in [0, 0.1) is 0 Å². The molecule has 0 unspecified atom stereocenters. The molecule has 1 aromatic rings. The third kappa shape index (κ3) is 2.08. The van der Waals surface area contributed by atoms with E-state index in [1.807, 2.05) is 6.08 Å². The molecule has 2 rings (SSSR count). The first-order valence-electron chi connectivity index (χ1n) is 4.59. The van der Waals surface area contributed by atoms with E-state index in [0.29, 0.717) is 0 Å². The normalized spacial score (nSPS) is 14.6. The maximum Gasteiger partial charge on any atom is 0.0725 e. The maximum atomic E-state index is 5.42. The number of hydrogen-bond acceptors (Lipinski definition) is 2. The molecule has 0 aliphatic carbocycles. The zero-order valence-corrected chi connectivity index (χ0v) is 8.55. The van der Waals surface area contributed by atoms with Gasteiger partial charge in [0.05, 0.1) is 13.2 Å². The minimum absolute atomic E-state index is 0.732. The first kappa shape index (κ1) is 9.56. The third-order valence-corrected chi connectivity index (χ3v) is 2.41. The van der Waals surface area contributed by atoms with Gasteiger partial charge in [0.25, 0.3) is 0 Å². The maximum absolute atomic E-state index is 5.42. The van der Waals surface area contributed by atoms with Crippen molar-refractivity contribution >= 4 is 17.3 Å². The summed E-state index contributed by atoms with van der Waals surface area (Å²) >= 11 is 5.42. The monoisotopic (exact) mass is 209 g/mol. The second kappa shape index (κ2) is 4.49. The number of nitrogens with one attached hydrogen (secondary N) is 1. The van der Waals surface area contributed by atoms with Gasteiger partial charge >= 0.3 is 0 Å². The quantitative estimate of drug-likeness (QED) is 0.827. The Morgan fingerprint density at radius 3 is 3.07 bits per heavy atom. The van der Waals surface area contributed by atoms with E-state index >= 15 is 0 Å². The molecule has 14 heavy (non-hydrogen) atoms. The zero-order valence-electron chi connectivity index (χ0n) is 7.79. The van der Waals surface area contributed by atoms with Crippen LogP contribution in [0.4, 0.5) is 5.69 Å². The molecular weight excluding hydrogens is 198 g/mol. The third-order valence-electron chi connectivity index (χ3n) is 2.23. The van der Waals surface area contributed by atoms with Crippen LogP contribution in [0.2, 0.25) is 0 Å². The second-order valence-electron chi connectivity index (χ2n) is 3.22. The Morgan fingerprint density at radius 1 is 1.36 bits per heavy atom. The van der Waals surface area contributed by atoms with E-state index in [0.717, 1.165) is 25.4 Å². The summed E-state index contributed by atoms with van der Waals surface area (Å²) in [7, 11) is 0. The topological polar surface area (TPSA) is 21.3 Å². The summed E-state index contributed by atoms with van der Waals surface area (Å²) in [5, 5.41) is 3.25. The highest BCUT2D eigenvalue weighted by molar-refractivity contribution is 6.25. The summed E-state index contributed by atoms with van der Waals surface area (Å²) < 4.78 is 5.33. The van der Waals surface area contributed by atoms with Gasteiger partial charge in [0.2, 0.25) is 0 Å². The fourth-order valence-electron chi connectivity index (χ4n) is 1.50. The van der Waals surface area contributed by atoms with Crippen LogP contribution >= 0.6 is 11.6 Å². The van der Waals surface area contributed by atoms with Crippen LogP contribution in [-0.2, 0) is 18.0 Å². The molecule has 0 amide bonds. The standard InChI is InChI=1S/C11H12ClNO/c12-4-1-5-13-11-3-2-9-7-14-8-10(9)6-11/h1-4,6,13H,5,7-8H2/b4-1+. The average Bonchev–Trinajstić information content (AvgIpc) is 2.65. The van der Waals surface area contributed by atoms with Gasteiger partial charge in [-0.3, -0.25) is 0 Å². The SMILES string of the molecule is Cl/C=C/CNc1ccc2c(c1)COC2. The Hall–Kier alpha value is -0.990. The fraction of sp³-hybridized carbons (Fsp3) is 0.273. The Bertz CT molecular complexity index is 349. The highest BCUT2D eigenvalue weighted by Gasteiger charge is 2.10. The fourth-order valence-corrected chi connectivity index (χ4v) is 1.59. The Balaban J connectivity index is 2.05. The van der Waals surface area contributed by atoms with Gasteiger partial charge < -0.3 is 10.1 Å². The van der Waals surface area contributed by atoms with Gasteiger partial charge in [0.15, 0.2) is 0 Å². The Morgan fingerprint density at radius 2 is 2.21 bits per heavy atom. The summed E-state index contributed by atoms with van der Waals surface area (Å²) in [5.74, 6) is 0. The molecular formula is C11H12ClNO. The number of halogens is 1. The highest BCUT2D eigenvalue weighted by Crippen LogP contribution is 2.22. The minimum Gasteiger partial charge on any atom is -0.382 e. The van der Waals surface area contributed by atoms with Gasteiger partial charge in [-0.25, -0.2) is 0 Å². The van der Waals surface area contributed by atoms with Gasteiger partial charge in [-0.05, 0) is 23.3 Å². The highest BCUT2D eigenvalue weighted by atomic mass is 35.5. The van der Waals surface area contributed by atoms with E-state index in [1.165, 1.54) is 16.7 Å². The Kier molecular flexibility index (Phi) is 3.07. The van der Waals surface area contributed by atoms with Gasteiger partial charge in [0.1, 0.15) is 0 Å². The van der Waals surface area contributed by atoms with Crippen LogP contribution in [0.3, 0.4) is 0 Å². The van der Waals surface area contributed by atoms with E-state index in [-0.39, 0.29) is 0 Å². The molecule has 2 nitrogen and oxygen atoms in total. The smallest absolute Gasteiger partial charge is 0.0725 e. The lowest BCUT2D eigenvalue weighted by Crippen LogP contribution is -1.98. The molecule has 0 atom stereocenters. The molecule has 0 fully saturated rings. The molecule has 0 saturated carbocycles. The van der Waals surface area contributed by atoms with Gasteiger partial charge in [-0.2, -0.15) is 0 Å². The van der Waals surface area contributed by atoms with E-state index in [4.69, 9.17) is 16.3 Å². The lowest BCUT2D eigenvalue weighted by atomic mass is 10.1. The van der Waals surface area contributed by atoms with E-state index in [1.54, 1.807) is 0 Å². The summed E-state index contributed by atoms with van der Waals surface area (Å²) in [4.78, 5) is 0. The molecule has 1 aliphatic rings. The van der Waals surface area contributed by atoms with Crippen molar-refractivity contribution in [2.45, 2.75) is 13.2 Å². The van der Waals surface area contributed by atoms with Crippen LogP contribution in [0.25, 0.3) is 0 Å². The average molecular weight is 210 g/mol. The summed E-state index contributed by atoms with van der Waals surface area (Å²) in [6.07, 6.45) is 1.87. The van der Waals surface area contributed by atoms with Crippen molar-refractivity contribution in [2.24, 2.45) is 0 Å². The molecule has 1 aliphatic heterocycles. The largest absolute Gasteiger partial charge is 0.382 e. The second-order valence-corrected chi connectivity index (χ2v) is 3.47. The summed E-state index contributed by atoms with van der Waals surface area (Å²) in [6.45, 7) is 2.23. The summed E-state index contributed by atoms with van der Waals surface area (Å²) in [6, 6.07) is 6.30. The molecule has 0 radical (unpaired) electrons. The van der Waals surface area contributed by atoms with Crippen LogP contribution in [0.1, 0.15) is 11.1 Å². The van der Waals surface area contributed by atoms with Crippen molar-refractivity contribution in [2.75, 3.05) is 11.9 Å². The summed E-state index contributed by atoms with van der Waals surface area (Å²) in [5.41, 5.74) is 5.21. The van der Waals surface area contributed by atoms with Crippen LogP contribution < -0.4 is 5.32 Å². The molecule has 0 aromatic heterocycles. The number of ether oxygens (including phenoxy) is 1. The molecule has 0 spiro atoms. The van der Waals surface area contributed by atoms with Gasteiger partial charge in [-0.15, -0.1) is 0 Å². The molecule has 0 saturated heterocycles. The first-order chi connectivity index (χ1) is 6.90. The Labute approximate surface area is 88.5 Å². The number of hydrogen-bond donors (Lipinski definition) is 1. The molecule has 1 aromatic carbocycles. The molecule has 1 heterocycles. The molecule has 74 valence electrons. The van der Waals surface area contributed by atoms with Crippen molar-refractivity contribution in [3.05, 3.63) is 40.9 Å². The number of anilines is 1.